The molecule has 0 aliphatic heterocycles. The Morgan fingerprint density at radius 2 is 1.83 bits per heavy atom. The second kappa shape index (κ2) is 7.61. The van der Waals surface area contributed by atoms with Gasteiger partial charge in [-0.25, -0.2) is 14.8 Å². The maximum atomic E-state index is 12.9. The first-order valence-corrected chi connectivity index (χ1v) is 8.88. The van der Waals surface area contributed by atoms with Crippen molar-refractivity contribution < 1.29 is 14.7 Å². The van der Waals surface area contributed by atoms with Crippen molar-refractivity contribution in [1.82, 2.24) is 15.0 Å². The number of nitrogens with one attached hydrogen (secondary N) is 3. The summed E-state index contributed by atoms with van der Waals surface area (Å²) in [4.78, 5) is 35.9. The normalized spacial score (nSPS) is 10.7. The van der Waals surface area contributed by atoms with Gasteiger partial charge in [0.05, 0.1) is 16.9 Å². The van der Waals surface area contributed by atoms with Crippen LogP contribution in [0.25, 0.3) is 11.0 Å². The van der Waals surface area contributed by atoms with Gasteiger partial charge in [0.1, 0.15) is 5.65 Å². The molecule has 0 atom stereocenters. The zero-order valence-electron chi connectivity index (χ0n) is 14.8. The summed E-state index contributed by atoms with van der Waals surface area (Å²) >= 11 is 6.00. The van der Waals surface area contributed by atoms with Gasteiger partial charge in [-0.1, -0.05) is 23.7 Å². The van der Waals surface area contributed by atoms with E-state index in [9.17, 15) is 14.7 Å². The highest BCUT2D eigenvalue weighted by Crippen LogP contribution is 2.24. The van der Waals surface area contributed by atoms with Crippen LogP contribution < -0.4 is 10.6 Å². The SMILES string of the molecule is O=C(Nc1ccc(O)nc1)Nc1cccc(C(=O)c2c[nH]c3ncc(Cl)cc23)c1. The van der Waals surface area contributed by atoms with Gasteiger partial charge < -0.3 is 20.7 Å². The molecule has 4 N–H and O–H groups in total. The number of anilines is 2. The van der Waals surface area contributed by atoms with Gasteiger partial charge in [0.25, 0.3) is 0 Å². The van der Waals surface area contributed by atoms with E-state index in [4.69, 9.17) is 11.6 Å². The number of aromatic hydroxyl groups is 1. The first kappa shape index (κ1) is 18.5. The summed E-state index contributed by atoms with van der Waals surface area (Å²) in [5.41, 5.74) is 2.25. The lowest BCUT2D eigenvalue weighted by atomic mass is 10.0. The van der Waals surface area contributed by atoms with Crippen molar-refractivity contribution in [2.75, 3.05) is 10.6 Å². The number of carbonyl (C=O) groups excluding carboxylic acids is 2. The number of rotatable bonds is 4. The molecule has 0 spiro atoms. The average molecular weight is 408 g/mol. The molecule has 0 saturated carbocycles. The number of fused-ring (bicyclic) bond motifs is 1. The van der Waals surface area contributed by atoms with E-state index < -0.39 is 6.03 Å². The first-order valence-electron chi connectivity index (χ1n) is 8.50. The number of carbonyl (C=O) groups is 2. The Kier molecular flexibility index (Phi) is 4.84. The topological polar surface area (TPSA) is 120 Å². The molecule has 0 aliphatic carbocycles. The largest absolute Gasteiger partial charge is 0.493 e. The molecule has 144 valence electrons. The van der Waals surface area contributed by atoms with Gasteiger partial charge in [-0.05, 0) is 24.3 Å². The minimum atomic E-state index is -0.509. The molecule has 0 saturated heterocycles. The van der Waals surface area contributed by atoms with E-state index in [0.717, 1.165) is 0 Å². The van der Waals surface area contributed by atoms with Gasteiger partial charge >= 0.3 is 6.03 Å². The van der Waals surface area contributed by atoms with Crippen LogP contribution in [0.2, 0.25) is 5.02 Å². The summed E-state index contributed by atoms with van der Waals surface area (Å²) in [6.07, 6.45) is 4.41. The number of hydrogen-bond acceptors (Lipinski definition) is 5. The first-order chi connectivity index (χ1) is 14.0. The van der Waals surface area contributed by atoms with Crippen molar-refractivity contribution in [3.05, 3.63) is 77.2 Å². The van der Waals surface area contributed by atoms with Crippen molar-refractivity contribution in [2.24, 2.45) is 0 Å². The van der Waals surface area contributed by atoms with E-state index in [-0.39, 0.29) is 11.7 Å². The van der Waals surface area contributed by atoms with E-state index in [0.29, 0.717) is 38.6 Å². The maximum Gasteiger partial charge on any atom is 0.323 e. The fourth-order valence-electron chi connectivity index (χ4n) is 2.81. The number of hydrogen-bond donors (Lipinski definition) is 4. The molecule has 3 heterocycles. The van der Waals surface area contributed by atoms with Gasteiger partial charge in [0.15, 0.2) is 5.78 Å². The lowest BCUT2D eigenvalue weighted by Crippen LogP contribution is -2.19. The molecule has 0 bridgehead atoms. The van der Waals surface area contributed by atoms with Crippen LogP contribution in [0.1, 0.15) is 15.9 Å². The number of urea groups is 1. The Balaban J connectivity index is 1.53. The van der Waals surface area contributed by atoms with Crippen LogP contribution >= 0.6 is 11.6 Å². The average Bonchev–Trinajstić information content (AvgIpc) is 3.12. The third-order valence-corrected chi connectivity index (χ3v) is 4.34. The highest BCUT2D eigenvalue weighted by Gasteiger charge is 2.16. The third-order valence-electron chi connectivity index (χ3n) is 4.13. The van der Waals surface area contributed by atoms with Crippen LogP contribution in [0.15, 0.2) is 61.1 Å². The molecule has 0 fully saturated rings. The Morgan fingerprint density at radius 1 is 1.00 bits per heavy atom. The number of ketones is 1. The smallest absolute Gasteiger partial charge is 0.323 e. The van der Waals surface area contributed by atoms with Gasteiger partial charge in [-0.3, -0.25) is 4.79 Å². The number of pyridine rings is 2. The Labute approximate surface area is 169 Å². The van der Waals surface area contributed by atoms with Crippen molar-refractivity contribution in [3.8, 4) is 5.88 Å². The zero-order valence-corrected chi connectivity index (χ0v) is 15.6. The Morgan fingerprint density at radius 3 is 2.62 bits per heavy atom. The number of benzene rings is 1. The van der Waals surface area contributed by atoms with Crippen molar-refractivity contribution >= 4 is 45.8 Å². The number of nitrogens with zero attached hydrogens (tertiary/aromatic N) is 2. The highest BCUT2D eigenvalue weighted by atomic mass is 35.5. The second-order valence-electron chi connectivity index (χ2n) is 6.15. The van der Waals surface area contributed by atoms with E-state index >= 15 is 0 Å². The van der Waals surface area contributed by atoms with Crippen molar-refractivity contribution in [1.29, 1.82) is 0 Å². The van der Waals surface area contributed by atoms with Crippen LogP contribution in [0, 0.1) is 0 Å². The molecule has 9 heteroatoms. The van der Waals surface area contributed by atoms with Gasteiger partial charge in [-0.15, -0.1) is 0 Å². The lowest BCUT2D eigenvalue weighted by Gasteiger charge is -2.08. The quantitative estimate of drug-likeness (QED) is 0.378. The minimum Gasteiger partial charge on any atom is -0.493 e. The van der Waals surface area contributed by atoms with Crippen LogP contribution in [0.4, 0.5) is 16.2 Å². The Bertz CT molecular complexity index is 1220. The number of aromatic amines is 1. The summed E-state index contributed by atoms with van der Waals surface area (Å²) in [5, 5.41) is 15.5. The summed E-state index contributed by atoms with van der Waals surface area (Å²) in [7, 11) is 0. The lowest BCUT2D eigenvalue weighted by molar-refractivity contribution is 0.104. The molecule has 1 aromatic carbocycles. The fraction of sp³-hybridized carbons (Fsp3) is 0. The molecular formula is C20H14ClN5O3. The summed E-state index contributed by atoms with van der Waals surface area (Å²) in [6, 6.07) is 10.6. The monoisotopic (exact) mass is 407 g/mol. The predicted octanol–water partition coefficient (Wildman–Crippen LogP) is 4.19. The zero-order chi connectivity index (χ0) is 20.4. The number of H-pyrrole nitrogens is 1. The third kappa shape index (κ3) is 4.02. The minimum absolute atomic E-state index is 0.143. The van der Waals surface area contributed by atoms with Gasteiger partial charge in [0, 0.05) is 40.7 Å². The Hall–Kier alpha value is -3.91. The van der Waals surface area contributed by atoms with Gasteiger partial charge in [0.2, 0.25) is 5.88 Å². The predicted molar refractivity (Wildman–Crippen MR) is 110 cm³/mol. The van der Waals surface area contributed by atoms with Crippen LogP contribution in [0.5, 0.6) is 5.88 Å². The second-order valence-corrected chi connectivity index (χ2v) is 6.58. The number of aromatic nitrogens is 3. The summed E-state index contributed by atoms with van der Waals surface area (Å²) in [6.45, 7) is 0. The maximum absolute atomic E-state index is 12.9. The van der Waals surface area contributed by atoms with E-state index in [2.05, 4.69) is 25.6 Å². The van der Waals surface area contributed by atoms with Crippen molar-refractivity contribution in [2.45, 2.75) is 0 Å². The molecule has 0 radical (unpaired) electrons. The molecule has 0 aliphatic rings. The molecule has 4 aromatic rings. The summed E-state index contributed by atoms with van der Waals surface area (Å²) < 4.78 is 0. The molecule has 3 aromatic heterocycles. The molecule has 29 heavy (non-hydrogen) atoms. The fourth-order valence-corrected chi connectivity index (χ4v) is 2.97. The summed E-state index contributed by atoms with van der Waals surface area (Å²) in [5.74, 6) is -0.372. The van der Waals surface area contributed by atoms with Crippen LogP contribution in [-0.2, 0) is 0 Å². The number of halogens is 1. The van der Waals surface area contributed by atoms with Crippen LogP contribution in [0.3, 0.4) is 0 Å². The molecule has 4 rings (SSSR count). The van der Waals surface area contributed by atoms with Gasteiger partial charge in [-0.2, -0.15) is 0 Å². The van der Waals surface area contributed by atoms with E-state index in [1.54, 1.807) is 36.5 Å². The van der Waals surface area contributed by atoms with E-state index in [1.807, 2.05) is 0 Å². The van der Waals surface area contributed by atoms with E-state index in [1.165, 1.54) is 24.5 Å². The van der Waals surface area contributed by atoms with Crippen LogP contribution in [-0.4, -0.2) is 31.9 Å². The molecular weight excluding hydrogens is 394 g/mol. The molecule has 8 nitrogen and oxygen atoms in total. The van der Waals surface area contributed by atoms with Crippen molar-refractivity contribution in [3.63, 3.8) is 0 Å². The molecule has 2 amide bonds. The molecule has 0 unspecified atom stereocenters. The standard InChI is InChI=1S/C20H14ClN5O3/c21-12-7-15-16(10-24-19(15)23-8-12)18(28)11-2-1-3-13(6-11)25-20(29)26-14-4-5-17(27)22-9-14/h1-10H,(H,22,27)(H,23,24)(H2,25,26,29). The highest BCUT2D eigenvalue weighted by molar-refractivity contribution is 6.31. The number of amides is 2.